The fourth-order valence-electron chi connectivity index (χ4n) is 9.32. The first-order valence-electron chi connectivity index (χ1n) is 21.5. The molecule has 0 bridgehead atoms. The molecule has 12 rings (SSSR count). The van der Waals surface area contributed by atoms with Gasteiger partial charge >= 0.3 is 0 Å². The molecule has 3 heteroatoms. The summed E-state index contributed by atoms with van der Waals surface area (Å²) in [5.74, 6) is 0. The van der Waals surface area contributed by atoms with E-state index < -0.39 is 0 Å². The average Bonchev–Trinajstić information content (AvgIpc) is 3.91. The van der Waals surface area contributed by atoms with E-state index in [1.807, 2.05) is 11.3 Å². The van der Waals surface area contributed by atoms with Crippen molar-refractivity contribution >= 4 is 70.4 Å². The Bertz CT molecular complexity index is 3510. The van der Waals surface area contributed by atoms with Gasteiger partial charge in [-0.05, 0) is 106 Å². The molecule has 296 valence electrons. The van der Waals surface area contributed by atoms with Crippen molar-refractivity contribution in [2.45, 2.75) is 0 Å². The molecule has 63 heavy (non-hydrogen) atoms. The Kier molecular flexibility index (Phi) is 9.06. The minimum Gasteiger partial charge on any atom is -0.310 e. The summed E-state index contributed by atoms with van der Waals surface area (Å²) in [6, 6.07) is 88.3. The average molecular weight is 821 g/mol. The number of hydrogen-bond acceptors (Lipinski definition) is 2. The Morgan fingerprint density at radius 1 is 0.302 bits per heavy atom. The molecule has 0 fully saturated rings. The fourth-order valence-corrected chi connectivity index (χ4v) is 10.5. The second-order valence-electron chi connectivity index (χ2n) is 16.1. The summed E-state index contributed by atoms with van der Waals surface area (Å²) in [5, 5.41) is 5.07. The SMILES string of the molecule is c1ccc(-c2ccc(-c3ccc(N(c4ccc(-c5ccccc5)cc4)c4cc(-c5ccc(-n6c7ccccc7c7ccccc76)cc5)c5sc6ccccc6c5c4)cc3)cc2)cc1. The molecule has 0 radical (unpaired) electrons. The van der Waals surface area contributed by atoms with Crippen molar-refractivity contribution in [3.05, 3.63) is 243 Å². The Labute approximate surface area is 370 Å². The van der Waals surface area contributed by atoms with Gasteiger partial charge in [-0.15, -0.1) is 11.3 Å². The number of thiophene rings is 1. The Morgan fingerprint density at radius 3 is 1.24 bits per heavy atom. The molecule has 0 aliphatic carbocycles. The van der Waals surface area contributed by atoms with Crippen LogP contribution in [0.3, 0.4) is 0 Å². The lowest BCUT2D eigenvalue weighted by Crippen LogP contribution is -2.10. The lowest BCUT2D eigenvalue weighted by Gasteiger charge is -2.27. The topological polar surface area (TPSA) is 8.17 Å². The van der Waals surface area contributed by atoms with Gasteiger partial charge in [0.1, 0.15) is 0 Å². The van der Waals surface area contributed by atoms with E-state index in [1.165, 1.54) is 86.5 Å². The van der Waals surface area contributed by atoms with Crippen LogP contribution in [0.4, 0.5) is 17.1 Å². The number of anilines is 3. The summed E-state index contributed by atoms with van der Waals surface area (Å²) < 4.78 is 4.97. The Hall–Kier alpha value is -7.98. The van der Waals surface area contributed by atoms with Crippen molar-refractivity contribution in [3.63, 3.8) is 0 Å². The zero-order valence-electron chi connectivity index (χ0n) is 34.4. The molecule has 0 unspecified atom stereocenters. The van der Waals surface area contributed by atoms with Crippen LogP contribution in [0, 0.1) is 0 Å². The lowest BCUT2D eigenvalue weighted by molar-refractivity contribution is 1.18. The van der Waals surface area contributed by atoms with E-state index in [-0.39, 0.29) is 0 Å². The van der Waals surface area contributed by atoms with Crippen molar-refractivity contribution in [1.82, 2.24) is 4.57 Å². The predicted octanol–water partition coefficient (Wildman–Crippen LogP) is 17.3. The highest BCUT2D eigenvalue weighted by Crippen LogP contribution is 2.46. The summed E-state index contributed by atoms with van der Waals surface area (Å²) in [4.78, 5) is 2.42. The largest absolute Gasteiger partial charge is 0.310 e. The Balaban J connectivity index is 0.996. The van der Waals surface area contributed by atoms with E-state index in [0.717, 1.165) is 22.7 Å². The standard InChI is InChI=1S/C60H40N2S/c1-3-13-41(14-4-1)43-23-25-44(26-24-43)46-29-35-49(36-30-46)61(48-33-27-45(28-34-48)42-15-5-2-6-16-42)51-39-55(60-56(40-51)54-19-9-12-22-59(54)63-60)47-31-37-50(38-32-47)62-57-20-10-7-17-52(57)53-18-8-11-21-58(53)62/h1-40H. The van der Waals surface area contributed by atoms with Gasteiger partial charge in [-0.3, -0.25) is 0 Å². The third-order valence-electron chi connectivity index (χ3n) is 12.4. The van der Waals surface area contributed by atoms with Gasteiger partial charge in [0, 0.05) is 59.3 Å². The molecular weight excluding hydrogens is 781 g/mol. The summed E-state index contributed by atoms with van der Waals surface area (Å²) in [6.07, 6.45) is 0. The molecule has 2 heterocycles. The summed E-state index contributed by atoms with van der Waals surface area (Å²) >= 11 is 1.88. The van der Waals surface area contributed by atoms with Crippen molar-refractivity contribution in [1.29, 1.82) is 0 Å². The van der Waals surface area contributed by atoms with Crippen LogP contribution in [0.1, 0.15) is 0 Å². The molecular formula is C60H40N2S. The number of hydrogen-bond donors (Lipinski definition) is 0. The third-order valence-corrected chi connectivity index (χ3v) is 13.6. The number of nitrogens with zero attached hydrogens (tertiary/aromatic N) is 2. The summed E-state index contributed by atoms with van der Waals surface area (Å²) in [5.41, 5.74) is 16.5. The van der Waals surface area contributed by atoms with Crippen molar-refractivity contribution in [2.24, 2.45) is 0 Å². The molecule has 0 N–H and O–H groups in total. The van der Waals surface area contributed by atoms with Crippen molar-refractivity contribution in [2.75, 3.05) is 4.90 Å². The van der Waals surface area contributed by atoms with Gasteiger partial charge in [-0.25, -0.2) is 0 Å². The Morgan fingerprint density at radius 2 is 0.714 bits per heavy atom. The van der Waals surface area contributed by atoms with Crippen LogP contribution in [0.25, 0.3) is 92.2 Å². The molecule has 2 aromatic heterocycles. The first kappa shape index (κ1) is 36.8. The summed E-state index contributed by atoms with van der Waals surface area (Å²) in [6.45, 7) is 0. The fraction of sp³-hybridized carbons (Fsp3) is 0. The van der Waals surface area contributed by atoms with E-state index in [1.54, 1.807) is 0 Å². The molecule has 10 aromatic carbocycles. The van der Waals surface area contributed by atoms with Crippen LogP contribution in [-0.4, -0.2) is 4.57 Å². The van der Waals surface area contributed by atoms with Crippen LogP contribution in [-0.2, 0) is 0 Å². The minimum atomic E-state index is 1.10. The number of fused-ring (bicyclic) bond motifs is 6. The van der Waals surface area contributed by atoms with Crippen LogP contribution in [0.2, 0.25) is 0 Å². The van der Waals surface area contributed by atoms with Gasteiger partial charge in [0.2, 0.25) is 0 Å². The normalized spacial score (nSPS) is 11.5. The quantitative estimate of drug-likeness (QED) is 0.148. The first-order chi connectivity index (χ1) is 31.2. The van der Waals surface area contributed by atoms with E-state index in [9.17, 15) is 0 Å². The van der Waals surface area contributed by atoms with Gasteiger partial charge in [-0.1, -0.05) is 176 Å². The molecule has 2 nitrogen and oxygen atoms in total. The molecule has 0 atom stereocenters. The lowest BCUT2D eigenvalue weighted by atomic mass is 9.99. The van der Waals surface area contributed by atoms with Crippen molar-refractivity contribution < 1.29 is 0 Å². The monoisotopic (exact) mass is 820 g/mol. The highest BCUT2D eigenvalue weighted by Gasteiger charge is 2.20. The molecule has 0 aliphatic heterocycles. The van der Waals surface area contributed by atoms with Gasteiger partial charge in [-0.2, -0.15) is 0 Å². The smallest absolute Gasteiger partial charge is 0.0541 e. The predicted molar refractivity (Wildman–Crippen MR) is 270 cm³/mol. The first-order valence-corrected chi connectivity index (χ1v) is 22.3. The van der Waals surface area contributed by atoms with Crippen LogP contribution in [0.15, 0.2) is 243 Å². The maximum absolute atomic E-state index is 2.42. The molecule has 0 aliphatic rings. The van der Waals surface area contributed by atoms with Gasteiger partial charge in [0.25, 0.3) is 0 Å². The second-order valence-corrected chi connectivity index (χ2v) is 17.2. The molecule has 0 spiro atoms. The molecule has 0 saturated carbocycles. The highest BCUT2D eigenvalue weighted by molar-refractivity contribution is 7.26. The number of rotatable bonds is 8. The van der Waals surface area contributed by atoms with E-state index in [4.69, 9.17) is 0 Å². The van der Waals surface area contributed by atoms with E-state index in [0.29, 0.717) is 0 Å². The van der Waals surface area contributed by atoms with Gasteiger partial charge in [0.15, 0.2) is 0 Å². The third kappa shape index (κ3) is 6.58. The highest BCUT2D eigenvalue weighted by atomic mass is 32.1. The molecule has 0 saturated heterocycles. The zero-order valence-corrected chi connectivity index (χ0v) is 35.2. The molecule has 0 amide bonds. The summed E-state index contributed by atoms with van der Waals surface area (Å²) in [7, 11) is 0. The van der Waals surface area contributed by atoms with E-state index in [2.05, 4.69) is 252 Å². The van der Waals surface area contributed by atoms with Gasteiger partial charge in [0.05, 0.1) is 11.0 Å². The van der Waals surface area contributed by atoms with Crippen LogP contribution >= 0.6 is 11.3 Å². The minimum absolute atomic E-state index is 1.10. The number of benzene rings is 10. The van der Waals surface area contributed by atoms with Crippen LogP contribution < -0.4 is 4.90 Å². The van der Waals surface area contributed by atoms with E-state index >= 15 is 0 Å². The van der Waals surface area contributed by atoms with Gasteiger partial charge < -0.3 is 9.47 Å². The van der Waals surface area contributed by atoms with Crippen molar-refractivity contribution in [3.8, 4) is 50.2 Å². The number of aromatic nitrogens is 1. The second kappa shape index (κ2) is 15.5. The van der Waals surface area contributed by atoms with Crippen LogP contribution in [0.5, 0.6) is 0 Å². The zero-order chi connectivity index (χ0) is 41.7. The maximum atomic E-state index is 2.42. The molecule has 12 aromatic rings. The maximum Gasteiger partial charge on any atom is 0.0541 e. The number of para-hydroxylation sites is 2.